The molecule has 1 saturated carbocycles. The fraction of sp³-hybridized carbons (Fsp3) is 0.444. The number of hydrogen-bond acceptors (Lipinski definition) is 13. The van der Waals surface area contributed by atoms with Crippen LogP contribution in [0.15, 0.2) is 89.4 Å². The lowest BCUT2D eigenvalue weighted by Crippen LogP contribution is -2.64. The molecule has 64 heavy (non-hydrogen) atoms. The SMILES string of the molecule is C/C=C(/C)C(=O)O[C@@H]1C[C@H]2C(=C1C)[C@@H]1OC(=O)[C@@](C)(O)[C@@]1(O)[C@@H](OC(=O)CCCCn1cc(COc3ccc(C4=C5C=CC=[N+]5[B-](F)(F)n5cccc54)cc3)nn1)C[C@]2(C)OC(C)=O. The van der Waals surface area contributed by atoms with Gasteiger partial charge in [0.1, 0.15) is 42.1 Å². The lowest BCUT2D eigenvalue weighted by Gasteiger charge is -2.41. The van der Waals surface area contributed by atoms with Gasteiger partial charge in [0, 0.05) is 55.6 Å². The average molecular weight is 886 g/mol. The topological polar surface area (TPSA) is 194 Å². The molecule has 5 heterocycles. The van der Waals surface area contributed by atoms with Crippen molar-refractivity contribution in [3.63, 3.8) is 0 Å². The molecule has 2 N–H and O–H groups in total. The number of aryl methyl sites for hydroxylation is 1. The highest BCUT2D eigenvalue weighted by molar-refractivity contribution is 6.57. The molecule has 7 atom stereocenters. The van der Waals surface area contributed by atoms with E-state index in [0.29, 0.717) is 64.5 Å². The molecule has 2 fully saturated rings. The zero-order chi connectivity index (χ0) is 45.9. The minimum Gasteiger partial charge on any atom is -0.487 e. The first-order valence-corrected chi connectivity index (χ1v) is 21.3. The van der Waals surface area contributed by atoms with Crippen LogP contribution in [-0.4, -0.2) is 106 Å². The van der Waals surface area contributed by atoms with Gasteiger partial charge in [-0.05, 0) is 101 Å². The van der Waals surface area contributed by atoms with Crippen LogP contribution in [0.1, 0.15) is 90.6 Å². The van der Waals surface area contributed by atoms with Gasteiger partial charge in [-0.15, -0.1) is 5.10 Å². The number of aliphatic hydroxyl groups is 2. The van der Waals surface area contributed by atoms with Crippen molar-refractivity contribution in [3.8, 4) is 5.75 Å². The zero-order valence-corrected chi connectivity index (χ0v) is 36.3. The van der Waals surface area contributed by atoms with Crippen molar-refractivity contribution in [3.05, 3.63) is 106 Å². The van der Waals surface area contributed by atoms with Gasteiger partial charge in [0.2, 0.25) is 0 Å². The second kappa shape index (κ2) is 16.4. The monoisotopic (exact) mass is 885 g/mol. The van der Waals surface area contributed by atoms with Gasteiger partial charge in [0.15, 0.2) is 23.0 Å². The predicted molar refractivity (Wildman–Crippen MR) is 224 cm³/mol. The lowest BCUT2D eigenvalue weighted by atomic mass is 9.75. The second-order valence-corrected chi connectivity index (χ2v) is 17.4. The summed E-state index contributed by atoms with van der Waals surface area (Å²) in [6.07, 6.45) is 5.97. The van der Waals surface area contributed by atoms with Crippen molar-refractivity contribution < 1.29 is 66.2 Å². The Morgan fingerprint density at radius 3 is 2.56 bits per heavy atom. The third kappa shape index (κ3) is 7.47. The van der Waals surface area contributed by atoms with Gasteiger partial charge in [0.05, 0.1) is 11.8 Å². The van der Waals surface area contributed by atoms with Gasteiger partial charge in [-0.1, -0.05) is 23.4 Å². The Balaban J connectivity index is 0.889. The van der Waals surface area contributed by atoms with Gasteiger partial charge >= 0.3 is 30.8 Å². The number of esters is 4. The summed E-state index contributed by atoms with van der Waals surface area (Å²) < 4.78 is 63.3. The molecule has 2 aromatic heterocycles. The van der Waals surface area contributed by atoms with Crippen molar-refractivity contribution in [2.45, 2.75) is 122 Å². The molecule has 0 amide bonds. The number of hydrogen-bond donors (Lipinski definition) is 2. The van der Waals surface area contributed by atoms with E-state index in [9.17, 15) is 29.4 Å². The van der Waals surface area contributed by atoms with Crippen molar-refractivity contribution in [2.75, 3.05) is 0 Å². The quantitative estimate of drug-likeness (QED) is 0.0598. The fourth-order valence-corrected chi connectivity index (χ4v) is 9.64. The third-order valence-electron chi connectivity index (χ3n) is 13.2. The average Bonchev–Trinajstić information content (AvgIpc) is 4.09. The van der Waals surface area contributed by atoms with E-state index in [4.69, 9.17) is 23.7 Å². The fourth-order valence-electron chi connectivity index (χ4n) is 9.64. The van der Waals surface area contributed by atoms with Crippen molar-refractivity contribution in [2.24, 2.45) is 5.92 Å². The molecule has 0 unspecified atom stereocenters. The molecule has 338 valence electrons. The maximum absolute atomic E-state index is 15.2. The number of ether oxygens (including phenoxy) is 5. The van der Waals surface area contributed by atoms with E-state index >= 15 is 8.63 Å². The molecule has 0 radical (unpaired) electrons. The molecule has 8 rings (SSSR count). The van der Waals surface area contributed by atoms with Gasteiger partial charge < -0.3 is 51.5 Å². The third-order valence-corrected chi connectivity index (χ3v) is 13.2. The molecule has 3 aliphatic heterocycles. The number of halogens is 2. The van der Waals surface area contributed by atoms with Crippen molar-refractivity contribution >= 4 is 42.6 Å². The molecule has 3 aromatic rings. The summed E-state index contributed by atoms with van der Waals surface area (Å²) in [6, 6.07) is 10.5. The normalized spacial score (nSPS) is 29.0. The summed E-state index contributed by atoms with van der Waals surface area (Å²) in [6.45, 7) is 5.39. The smallest absolute Gasteiger partial charge is 0.487 e. The predicted octanol–water partition coefficient (Wildman–Crippen LogP) is 4.74. The van der Waals surface area contributed by atoms with Crippen LogP contribution in [0.3, 0.4) is 0 Å². The Labute approximate surface area is 367 Å². The van der Waals surface area contributed by atoms with Gasteiger partial charge in [-0.3, -0.25) is 14.3 Å². The summed E-state index contributed by atoms with van der Waals surface area (Å²) in [7, 11) is 0. The minimum atomic E-state index is -3.99. The molecule has 16 nitrogen and oxygen atoms in total. The number of nitrogens with zero attached hydrogens (tertiary/aromatic N) is 5. The van der Waals surface area contributed by atoms with E-state index in [-0.39, 0.29) is 25.9 Å². The Bertz CT molecular complexity index is 2580. The summed E-state index contributed by atoms with van der Waals surface area (Å²) >= 11 is 0. The van der Waals surface area contributed by atoms with Gasteiger partial charge in [-0.25, -0.2) is 9.59 Å². The Hall–Kier alpha value is -6.21. The Morgan fingerprint density at radius 1 is 1.09 bits per heavy atom. The summed E-state index contributed by atoms with van der Waals surface area (Å²) in [5.74, 6) is -3.30. The van der Waals surface area contributed by atoms with Crippen LogP contribution < -0.4 is 4.74 Å². The van der Waals surface area contributed by atoms with Crippen LogP contribution in [-0.2, 0) is 51.3 Å². The van der Waals surface area contributed by atoms with Gasteiger partial charge in [-0.2, -0.15) is 0 Å². The van der Waals surface area contributed by atoms with Crippen LogP contribution in [0.2, 0.25) is 0 Å². The number of rotatable bonds is 13. The van der Waals surface area contributed by atoms with E-state index < -0.39 is 71.9 Å². The van der Waals surface area contributed by atoms with Gasteiger partial charge in [0.25, 0.3) is 0 Å². The lowest BCUT2D eigenvalue weighted by molar-refractivity contribution is -0.356. The van der Waals surface area contributed by atoms with E-state index in [1.54, 1.807) is 81.1 Å². The highest BCUT2D eigenvalue weighted by Gasteiger charge is 2.74. The number of unbranched alkanes of at least 4 members (excludes halogenated alkanes) is 1. The maximum atomic E-state index is 15.2. The largest absolute Gasteiger partial charge is 0.737 e. The van der Waals surface area contributed by atoms with Crippen LogP contribution >= 0.6 is 0 Å². The molecule has 0 bridgehead atoms. The Morgan fingerprint density at radius 2 is 1.84 bits per heavy atom. The number of carbonyl (C=O) groups excluding carboxylic acids is 4. The summed E-state index contributed by atoms with van der Waals surface area (Å²) in [5, 5.41) is 32.4. The van der Waals surface area contributed by atoms with E-state index in [1.165, 1.54) is 19.3 Å². The van der Waals surface area contributed by atoms with Crippen molar-refractivity contribution in [1.82, 2.24) is 19.5 Å². The molecular weight excluding hydrogens is 835 g/mol. The highest BCUT2D eigenvalue weighted by atomic mass is 19.2. The Kier molecular flexibility index (Phi) is 11.4. The van der Waals surface area contributed by atoms with Crippen LogP contribution in [0.5, 0.6) is 5.75 Å². The van der Waals surface area contributed by atoms with E-state index in [1.807, 2.05) is 12.1 Å². The van der Waals surface area contributed by atoms with Crippen LogP contribution in [0.25, 0.3) is 5.57 Å². The van der Waals surface area contributed by atoms with E-state index in [2.05, 4.69) is 10.3 Å². The van der Waals surface area contributed by atoms with Crippen LogP contribution in [0, 0.1) is 5.92 Å². The molecular formula is C45H50BF2N5O11. The minimum absolute atomic E-state index is 0.104. The number of aromatic nitrogens is 4. The standard InChI is InChI=1S/C45H50BF2N5O11/c1-7-26(2)41(56)61-35-22-32-38(27(35)3)40-45(59,44(6,58)42(57)63-40)36(23-43(32,5)64-28(4)54)62-37(55)14-8-9-19-51-24-30(49-50-51)25-60-31-17-15-29(16-18-31)39-33-12-10-20-52(33)46(47,48)53-21-11-13-34(39)53/h7,10-13,15-18,20-21,24,32,35-36,40,58-59H,8-9,14,19,22-23,25H2,1-6H3/b26-7-/t32-,35+,36-,40-,43-,44+,45+/m0/s1. The number of allylic oxidation sites excluding steroid dienone is 3. The summed E-state index contributed by atoms with van der Waals surface area (Å²) in [4.78, 5) is 52.1. The molecule has 2 aliphatic carbocycles. The number of carbonyl (C=O) groups is 4. The number of benzene rings is 1. The first-order chi connectivity index (χ1) is 30.3. The van der Waals surface area contributed by atoms with E-state index in [0.717, 1.165) is 21.5 Å². The van der Waals surface area contributed by atoms with Crippen molar-refractivity contribution in [1.29, 1.82) is 0 Å². The molecule has 19 heteroatoms. The summed E-state index contributed by atoms with van der Waals surface area (Å²) in [5.41, 5.74) is -2.53. The highest BCUT2D eigenvalue weighted by Crippen LogP contribution is 2.57. The van der Waals surface area contributed by atoms with Crippen LogP contribution in [0.4, 0.5) is 8.63 Å². The number of fused-ring (bicyclic) bond motifs is 5. The molecule has 5 aliphatic rings. The first kappa shape index (κ1) is 44.4. The molecule has 1 aromatic carbocycles. The second-order valence-electron chi connectivity index (χ2n) is 17.4. The maximum Gasteiger partial charge on any atom is 0.737 e. The molecule has 1 saturated heterocycles. The molecule has 0 spiro atoms. The first-order valence-electron chi connectivity index (χ1n) is 21.3. The zero-order valence-electron chi connectivity index (χ0n) is 36.3.